The van der Waals surface area contributed by atoms with Crippen molar-refractivity contribution in [2.45, 2.75) is 6.42 Å². The standard InChI is InChI=1S/C9H10NO/c11-9-8-4-2-1-3-7(8)5-6-10-9/h1,3-4,7-8H,5-6H2,(H,10,11). The van der Waals surface area contributed by atoms with Crippen molar-refractivity contribution in [2.24, 2.45) is 11.8 Å². The highest BCUT2D eigenvalue weighted by atomic mass is 16.1. The van der Waals surface area contributed by atoms with Gasteiger partial charge < -0.3 is 5.32 Å². The average Bonchev–Trinajstić information content (AvgIpc) is 2.06. The summed E-state index contributed by atoms with van der Waals surface area (Å²) >= 11 is 0. The van der Waals surface area contributed by atoms with Gasteiger partial charge in [-0.25, -0.2) is 0 Å². The van der Waals surface area contributed by atoms with Crippen LogP contribution in [-0.4, -0.2) is 12.5 Å². The van der Waals surface area contributed by atoms with E-state index in [9.17, 15) is 4.79 Å². The van der Waals surface area contributed by atoms with Crippen LogP contribution in [0.5, 0.6) is 0 Å². The maximum absolute atomic E-state index is 11.2. The Hall–Kier alpha value is -1.05. The van der Waals surface area contributed by atoms with Crippen molar-refractivity contribution in [2.75, 3.05) is 6.54 Å². The second-order valence-electron chi connectivity index (χ2n) is 2.96. The molecule has 0 spiro atoms. The van der Waals surface area contributed by atoms with Gasteiger partial charge in [0.15, 0.2) is 0 Å². The van der Waals surface area contributed by atoms with Crippen molar-refractivity contribution in [3.8, 4) is 0 Å². The van der Waals surface area contributed by atoms with Crippen LogP contribution < -0.4 is 5.32 Å². The lowest BCUT2D eigenvalue weighted by molar-refractivity contribution is -0.126. The average molecular weight is 148 g/mol. The van der Waals surface area contributed by atoms with E-state index in [4.69, 9.17) is 0 Å². The van der Waals surface area contributed by atoms with Gasteiger partial charge in [0, 0.05) is 6.54 Å². The molecule has 1 saturated heterocycles. The molecule has 0 aromatic rings. The molecule has 1 fully saturated rings. The Labute approximate surface area is 66.0 Å². The second-order valence-corrected chi connectivity index (χ2v) is 2.96. The Kier molecular flexibility index (Phi) is 1.53. The Morgan fingerprint density at radius 1 is 1.64 bits per heavy atom. The zero-order valence-corrected chi connectivity index (χ0v) is 6.21. The Bertz CT molecular complexity index is 230. The minimum absolute atomic E-state index is 0.0498. The minimum Gasteiger partial charge on any atom is -0.356 e. The summed E-state index contributed by atoms with van der Waals surface area (Å²) in [6.45, 7) is 0.818. The van der Waals surface area contributed by atoms with Crippen LogP contribution in [0.25, 0.3) is 0 Å². The molecule has 2 atom stereocenters. The molecule has 1 aliphatic carbocycles. The molecule has 0 aromatic carbocycles. The van der Waals surface area contributed by atoms with Crippen LogP contribution in [0.4, 0.5) is 0 Å². The van der Waals surface area contributed by atoms with Crippen molar-refractivity contribution < 1.29 is 4.79 Å². The number of hydrogen-bond acceptors (Lipinski definition) is 1. The van der Waals surface area contributed by atoms with Crippen LogP contribution in [0.15, 0.2) is 18.2 Å². The molecule has 0 bridgehead atoms. The fraction of sp³-hybridized carbons (Fsp3) is 0.444. The number of amides is 1. The lowest BCUT2D eigenvalue weighted by Gasteiger charge is -2.27. The number of piperidine rings is 1. The van der Waals surface area contributed by atoms with Gasteiger partial charge in [-0.1, -0.05) is 18.2 Å². The molecule has 2 rings (SSSR count). The van der Waals surface area contributed by atoms with E-state index in [0.29, 0.717) is 5.92 Å². The van der Waals surface area contributed by atoms with Crippen molar-refractivity contribution in [1.29, 1.82) is 0 Å². The van der Waals surface area contributed by atoms with E-state index in [0.717, 1.165) is 13.0 Å². The minimum atomic E-state index is 0.0498. The Morgan fingerprint density at radius 2 is 2.55 bits per heavy atom. The van der Waals surface area contributed by atoms with Gasteiger partial charge in [0.25, 0.3) is 0 Å². The van der Waals surface area contributed by atoms with Gasteiger partial charge in [0.2, 0.25) is 5.91 Å². The lowest BCUT2D eigenvalue weighted by atomic mass is 9.83. The molecule has 1 N–H and O–H groups in total. The highest BCUT2D eigenvalue weighted by Gasteiger charge is 2.28. The molecule has 1 radical (unpaired) electrons. The topological polar surface area (TPSA) is 29.1 Å². The zero-order chi connectivity index (χ0) is 7.68. The first kappa shape index (κ1) is 6.65. The molecule has 11 heavy (non-hydrogen) atoms. The molecule has 57 valence electrons. The molecule has 0 aromatic heterocycles. The lowest BCUT2D eigenvalue weighted by Crippen LogP contribution is -2.41. The molecule has 1 heterocycles. The predicted molar refractivity (Wildman–Crippen MR) is 41.6 cm³/mol. The molecule has 2 heteroatoms. The summed E-state index contributed by atoms with van der Waals surface area (Å²) in [6.07, 6.45) is 9.84. The maximum atomic E-state index is 11.2. The van der Waals surface area contributed by atoms with Gasteiger partial charge in [-0.3, -0.25) is 4.79 Å². The number of rotatable bonds is 0. The zero-order valence-electron chi connectivity index (χ0n) is 6.21. The largest absolute Gasteiger partial charge is 0.356 e. The summed E-state index contributed by atoms with van der Waals surface area (Å²) in [5.41, 5.74) is 0. The molecule has 1 aliphatic heterocycles. The van der Waals surface area contributed by atoms with Gasteiger partial charge in [0.05, 0.1) is 5.92 Å². The van der Waals surface area contributed by atoms with E-state index in [1.165, 1.54) is 0 Å². The van der Waals surface area contributed by atoms with Crippen LogP contribution in [-0.2, 0) is 4.79 Å². The molecule has 1 amide bonds. The number of nitrogens with one attached hydrogen (secondary N) is 1. The van der Waals surface area contributed by atoms with Crippen LogP contribution in [0.1, 0.15) is 6.42 Å². The quantitative estimate of drug-likeness (QED) is 0.537. The SMILES string of the molecule is O=C1NCCC2C=C[C]=CC12. The van der Waals surface area contributed by atoms with Crippen LogP contribution in [0, 0.1) is 17.9 Å². The van der Waals surface area contributed by atoms with Gasteiger partial charge in [-0.05, 0) is 18.4 Å². The van der Waals surface area contributed by atoms with Gasteiger partial charge in [-0.2, -0.15) is 0 Å². The second kappa shape index (κ2) is 2.53. The highest BCUT2D eigenvalue weighted by Crippen LogP contribution is 2.24. The smallest absolute Gasteiger partial charge is 0.227 e. The summed E-state index contributed by atoms with van der Waals surface area (Å²) < 4.78 is 0. The maximum Gasteiger partial charge on any atom is 0.227 e. The van der Waals surface area contributed by atoms with Crippen molar-refractivity contribution >= 4 is 5.91 Å². The van der Waals surface area contributed by atoms with Gasteiger partial charge >= 0.3 is 0 Å². The first-order valence-electron chi connectivity index (χ1n) is 3.92. The number of hydrogen-bond donors (Lipinski definition) is 1. The highest BCUT2D eigenvalue weighted by molar-refractivity contribution is 5.82. The summed E-state index contributed by atoms with van der Waals surface area (Å²) in [5.74, 6) is 0.622. The van der Waals surface area contributed by atoms with Crippen molar-refractivity contribution in [3.63, 3.8) is 0 Å². The Balaban J connectivity index is 2.20. The molecule has 2 nitrogen and oxygen atoms in total. The number of carbonyl (C=O) groups is 1. The van der Waals surface area contributed by atoms with E-state index >= 15 is 0 Å². The molecule has 0 saturated carbocycles. The van der Waals surface area contributed by atoms with E-state index in [-0.39, 0.29) is 11.8 Å². The molecular formula is C9H10NO. The van der Waals surface area contributed by atoms with E-state index < -0.39 is 0 Å². The predicted octanol–water partition coefficient (Wildman–Crippen LogP) is 0.668. The van der Waals surface area contributed by atoms with E-state index in [1.54, 1.807) is 0 Å². The summed E-state index contributed by atoms with van der Waals surface area (Å²) in [6, 6.07) is 0. The Morgan fingerprint density at radius 3 is 3.36 bits per heavy atom. The first-order chi connectivity index (χ1) is 5.38. The van der Waals surface area contributed by atoms with E-state index in [2.05, 4.69) is 17.5 Å². The first-order valence-corrected chi connectivity index (χ1v) is 3.92. The van der Waals surface area contributed by atoms with Crippen LogP contribution in [0.2, 0.25) is 0 Å². The van der Waals surface area contributed by atoms with Crippen molar-refractivity contribution in [3.05, 3.63) is 24.3 Å². The third-order valence-electron chi connectivity index (χ3n) is 2.26. The third kappa shape index (κ3) is 1.09. The number of carbonyl (C=O) groups excluding carboxylic acids is 1. The fourth-order valence-corrected chi connectivity index (χ4v) is 1.61. The van der Waals surface area contributed by atoms with Crippen molar-refractivity contribution in [1.82, 2.24) is 5.32 Å². The molecule has 2 aliphatic rings. The number of fused-ring (bicyclic) bond motifs is 1. The fourth-order valence-electron chi connectivity index (χ4n) is 1.61. The van der Waals surface area contributed by atoms with E-state index in [1.807, 2.05) is 12.2 Å². The summed E-state index contributed by atoms with van der Waals surface area (Å²) in [4.78, 5) is 11.2. The molecular weight excluding hydrogens is 138 g/mol. The van der Waals surface area contributed by atoms with Crippen LogP contribution in [0.3, 0.4) is 0 Å². The number of allylic oxidation sites excluding steroid dienone is 3. The van der Waals surface area contributed by atoms with Crippen LogP contribution >= 0.6 is 0 Å². The summed E-state index contributed by atoms with van der Waals surface area (Å²) in [5, 5.41) is 2.84. The monoisotopic (exact) mass is 148 g/mol. The third-order valence-corrected chi connectivity index (χ3v) is 2.26. The molecule has 2 unspecified atom stereocenters. The van der Waals surface area contributed by atoms with Gasteiger partial charge in [-0.15, -0.1) is 0 Å². The normalized spacial score (nSPS) is 34.7. The summed E-state index contributed by atoms with van der Waals surface area (Å²) in [7, 11) is 0. The van der Waals surface area contributed by atoms with Gasteiger partial charge in [0.1, 0.15) is 0 Å².